The van der Waals surface area contributed by atoms with Crippen molar-refractivity contribution in [3.63, 3.8) is 0 Å². The second-order valence-electron chi connectivity index (χ2n) is 4.50. The molecule has 5 heteroatoms. The first-order chi connectivity index (χ1) is 7.79. The van der Waals surface area contributed by atoms with Crippen LogP contribution in [0, 0.1) is 5.92 Å². The number of carboxylic acids is 1. The average Bonchev–Trinajstić information content (AvgIpc) is 2.23. The molecule has 1 atom stereocenters. The quantitative estimate of drug-likeness (QED) is 0.320. The van der Waals surface area contributed by atoms with Gasteiger partial charge in [-0.05, 0) is 19.3 Å². The van der Waals surface area contributed by atoms with Crippen LogP contribution in [0.15, 0.2) is 11.6 Å². The number of rotatable bonds is 6. The highest BCUT2D eigenvalue weighted by Gasteiger charge is 2.25. The average molecular weight is 242 g/mol. The summed E-state index contributed by atoms with van der Waals surface area (Å²) in [6, 6.07) is -0.485. The summed E-state index contributed by atoms with van der Waals surface area (Å²) in [7, 11) is 0. The van der Waals surface area contributed by atoms with E-state index in [1.165, 1.54) is 6.08 Å². The van der Waals surface area contributed by atoms with Crippen LogP contribution < -0.4 is 5.84 Å². The van der Waals surface area contributed by atoms with Crippen LogP contribution in [-0.2, 0) is 9.59 Å². The van der Waals surface area contributed by atoms with E-state index in [0.717, 1.165) is 17.0 Å². The molecule has 98 valence electrons. The summed E-state index contributed by atoms with van der Waals surface area (Å²) >= 11 is 0. The number of hydrazine groups is 1. The van der Waals surface area contributed by atoms with Crippen molar-refractivity contribution in [1.82, 2.24) is 5.01 Å². The van der Waals surface area contributed by atoms with Crippen molar-refractivity contribution in [2.24, 2.45) is 11.8 Å². The zero-order valence-corrected chi connectivity index (χ0v) is 10.9. The minimum atomic E-state index is -0.955. The van der Waals surface area contributed by atoms with Crippen molar-refractivity contribution in [1.29, 1.82) is 0 Å². The fourth-order valence-corrected chi connectivity index (χ4v) is 1.38. The molecule has 17 heavy (non-hydrogen) atoms. The standard InChI is InChI=1S/C12H22N2O3/c1-5-9(4)6-11(15)14(13)10(8(2)3)7-12(16)17/h6,8,10H,5,7,13H2,1-4H3,(H,16,17)/b9-6+. The number of carboxylic acid groups (broad SMARTS) is 1. The highest BCUT2D eigenvalue weighted by atomic mass is 16.4. The fraction of sp³-hybridized carbons (Fsp3) is 0.667. The van der Waals surface area contributed by atoms with Crippen molar-refractivity contribution in [3.05, 3.63) is 11.6 Å². The fourth-order valence-electron chi connectivity index (χ4n) is 1.38. The van der Waals surface area contributed by atoms with Gasteiger partial charge < -0.3 is 5.11 Å². The van der Waals surface area contributed by atoms with Crippen molar-refractivity contribution in [3.8, 4) is 0 Å². The molecule has 0 bridgehead atoms. The second-order valence-corrected chi connectivity index (χ2v) is 4.50. The minimum Gasteiger partial charge on any atom is -0.481 e. The van der Waals surface area contributed by atoms with E-state index in [-0.39, 0.29) is 18.2 Å². The first-order valence-corrected chi connectivity index (χ1v) is 5.76. The van der Waals surface area contributed by atoms with Gasteiger partial charge in [0.05, 0.1) is 12.5 Å². The van der Waals surface area contributed by atoms with Crippen LogP contribution >= 0.6 is 0 Å². The summed E-state index contributed by atoms with van der Waals surface area (Å²) in [5.41, 5.74) is 0.920. The Morgan fingerprint density at radius 2 is 1.94 bits per heavy atom. The van der Waals surface area contributed by atoms with Gasteiger partial charge in [-0.1, -0.05) is 26.3 Å². The molecular formula is C12H22N2O3. The Morgan fingerprint density at radius 1 is 1.41 bits per heavy atom. The first kappa shape index (κ1) is 15.6. The number of carbonyl (C=O) groups is 2. The zero-order valence-electron chi connectivity index (χ0n) is 10.9. The Balaban J connectivity index is 4.78. The van der Waals surface area contributed by atoms with Crippen LogP contribution in [0.3, 0.4) is 0 Å². The molecule has 0 radical (unpaired) electrons. The third-order valence-corrected chi connectivity index (χ3v) is 2.69. The molecule has 1 unspecified atom stereocenters. The van der Waals surface area contributed by atoms with Gasteiger partial charge in [-0.3, -0.25) is 14.6 Å². The first-order valence-electron chi connectivity index (χ1n) is 5.76. The maximum absolute atomic E-state index is 11.8. The van der Waals surface area contributed by atoms with Gasteiger partial charge in [-0.15, -0.1) is 0 Å². The summed E-state index contributed by atoms with van der Waals surface area (Å²) < 4.78 is 0. The molecule has 0 rings (SSSR count). The molecule has 0 spiro atoms. The van der Waals surface area contributed by atoms with Crippen LogP contribution in [0.1, 0.15) is 40.5 Å². The largest absolute Gasteiger partial charge is 0.481 e. The van der Waals surface area contributed by atoms with E-state index in [1.54, 1.807) is 0 Å². The number of nitrogens with two attached hydrogens (primary N) is 1. The Kier molecular flexibility index (Phi) is 6.50. The van der Waals surface area contributed by atoms with E-state index in [1.807, 2.05) is 27.7 Å². The van der Waals surface area contributed by atoms with Crippen molar-refractivity contribution in [2.45, 2.75) is 46.6 Å². The molecular weight excluding hydrogens is 220 g/mol. The molecule has 3 N–H and O–H groups in total. The van der Waals surface area contributed by atoms with Gasteiger partial charge in [0.25, 0.3) is 5.91 Å². The summed E-state index contributed by atoms with van der Waals surface area (Å²) in [5.74, 6) is 4.39. The van der Waals surface area contributed by atoms with E-state index in [9.17, 15) is 9.59 Å². The normalized spacial score (nSPS) is 13.6. The predicted molar refractivity (Wildman–Crippen MR) is 66.0 cm³/mol. The highest BCUT2D eigenvalue weighted by molar-refractivity contribution is 5.88. The number of aliphatic carboxylic acids is 1. The van der Waals surface area contributed by atoms with Crippen molar-refractivity contribution >= 4 is 11.9 Å². The molecule has 0 aromatic carbocycles. The van der Waals surface area contributed by atoms with E-state index in [2.05, 4.69) is 0 Å². The number of hydrogen-bond donors (Lipinski definition) is 2. The molecule has 0 aromatic rings. The third kappa shape index (κ3) is 5.49. The van der Waals surface area contributed by atoms with Gasteiger partial charge in [0.15, 0.2) is 0 Å². The third-order valence-electron chi connectivity index (χ3n) is 2.69. The van der Waals surface area contributed by atoms with Gasteiger partial charge in [-0.25, -0.2) is 5.84 Å². The van der Waals surface area contributed by atoms with Crippen molar-refractivity contribution in [2.75, 3.05) is 0 Å². The van der Waals surface area contributed by atoms with Crippen LogP contribution in [-0.4, -0.2) is 28.0 Å². The van der Waals surface area contributed by atoms with Gasteiger partial charge in [0, 0.05) is 6.08 Å². The summed E-state index contributed by atoms with van der Waals surface area (Å²) in [5, 5.41) is 9.81. The lowest BCUT2D eigenvalue weighted by atomic mass is 10.00. The van der Waals surface area contributed by atoms with E-state index >= 15 is 0 Å². The maximum atomic E-state index is 11.8. The molecule has 5 nitrogen and oxygen atoms in total. The summed E-state index contributed by atoms with van der Waals surface area (Å²) in [6.07, 6.45) is 2.08. The van der Waals surface area contributed by atoms with Crippen LogP contribution in [0.5, 0.6) is 0 Å². The molecule has 1 amide bonds. The molecule has 0 aromatic heterocycles. The molecule has 0 saturated heterocycles. The minimum absolute atomic E-state index is 0.00428. The molecule has 0 aliphatic carbocycles. The number of allylic oxidation sites excluding steroid dienone is 1. The Bertz CT molecular complexity index is 311. The van der Waals surface area contributed by atoms with Gasteiger partial charge in [0.1, 0.15) is 0 Å². The van der Waals surface area contributed by atoms with Crippen LogP contribution in [0.2, 0.25) is 0 Å². The Hall–Kier alpha value is -1.36. The number of hydrogen-bond acceptors (Lipinski definition) is 3. The molecule has 0 aliphatic rings. The van der Waals surface area contributed by atoms with Crippen molar-refractivity contribution < 1.29 is 14.7 Å². The molecule has 0 heterocycles. The summed E-state index contributed by atoms with van der Waals surface area (Å²) in [4.78, 5) is 22.5. The molecule has 0 saturated carbocycles. The molecule has 0 fully saturated rings. The van der Waals surface area contributed by atoms with Gasteiger partial charge >= 0.3 is 5.97 Å². The Morgan fingerprint density at radius 3 is 2.29 bits per heavy atom. The summed E-state index contributed by atoms with van der Waals surface area (Å²) in [6.45, 7) is 7.47. The lowest BCUT2D eigenvalue weighted by Crippen LogP contribution is -2.48. The lowest BCUT2D eigenvalue weighted by Gasteiger charge is -2.28. The lowest BCUT2D eigenvalue weighted by molar-refractivity contribution is -0.140. The predicted octanol–water partition coefficient (Wildman–Crippen LogP) is 1.54. The van der Waals surface area contributed by atoms with E-state index in [4.69, 9.17) is 10.9 Å². The Labute approximate surface area is 102 Å². The SMILES string of the molecule is CC/C(C)=C/C(=O)N(N)C(CC(=O)O)C(C)C. The maximum Gasteiger partial charge on any atom is 0.305 e. The smallest absolute Gasteiger partial charge is 0.305 e. The zero-order chi connectivity index (χ0) is 13.6. The number of amides is 1. The van der Waals surface area contributed by atoms with Gasteiger partial charge in [0.2, 0.25) is 0 Å². The van der Waals surface area contributed by atoms with E-state index < -0.39 is 12.0 Å². The van der Waals surface area contributed by atoms with Gasteiger partial charge in [-0.2, -0.15) is 0 Å². The van der Waals surface area contributed by atoms with Crippen LogP contribution in [0.4, 0.5) is 0 Å². The van der Waals surface area contributed by atoms with E-state index in [0.29, 0.717) is 0 Å². The second kappa shape index (κ2) is 7.06. The highest BCUT2D eigenvalue weighted by Crippen LogP contribution is 2.13. The molecule has 0 aliphatic heterocycles. The monoisotopic (exact) mass is 242 g/mol. The number of nitrogens with zero attached hydrogens (tertiary/aromatic N) is 1. The topological polar surface area (TPSA) is 83.6 Å². The number of carbonyl (C=O) groups excluding carboxylic acids is 1. The van der Waals surface area contributed by atoms with Crippen LogP contribution in [0.25, 0.3) is 0 Å².